The predicted molar refractivity (Wildman–Crippen MR) is 67.7 cm³/mol. The van der Waals surface area contributed by atoms with Crippen molar-refractivity contribution in [2.24, 2.45) is 5.73 Å². The van der Waals surface area contributed by atoms with Gasteiger partial charge in [0.15, 0.2) is 0 Å². The lowest BCUT2D eigenvalue weighted by Crippen LogP contribution is -2.23. The van der Waals surface area contributed by atoms with Gasteiger partial charge in [-0.05, 0) is 28.4 Å². The van der Waals surface area contributed by atoms with Gasteiger partial charge in [-0.3, -0.25) is 4.98 Å². The van der Waals surface area contributed by atoms with Crippen LogP contribution in [-0.2, 0) is 4.74 Å². The zero-order valence-corrected chi connectivity index (χ0v) is 11.1. The average molecular weight is 316 g/mol. The van der Waals surface area contributed by atoms with E-state index in [0.717, 1.165) is 23.1 Å². The third kappa shape index (κ3) is 3.57. The molecule has 0 spiro atoms. The van der Waals surface area contributed by atoms with E-state index in [1.165, 1.54) is 0 Å². The largest absolute Gasteiger partial charge is 0.372 e. The lowest BCUT2D eigenvalue weighted by molar-refractivity contribution is 0.105. The number of ether oxygens (including phenoxy) is 1. The first-order valence-corrected chi connectivity index (χ1v) is 5.04. The molecule has 2 heterocycles. The van der Waals surface area contributed by atoms with Crippen LogP contribution < -0.4 is 5.73 Å². The van der Waals surface area contributed by atoms with Crippen LogP contribution in [0.5, 0.6) is 0 Å². The van der Waals surface area contributed by atoms with Gasteiger partial charge in [0.1, 0.15) is 0 Å². The maximum Gasteiger partial charge on any atom is 0.0991 e. The molecule has 0 aliphatic carbocycles. The normalized spacial score (nSPS) is 24.1. The highest BCUT2D eigenvalue weighted by molar-refractivity contribution is 9.10. The molecule has 6 heteroatoms. The summed E-state index contributed by atoms with van der Waals surface area (Å²) in [5.41, 5.74) is 6.95. The summed E-state index contributed by atoms with van der Waals surface area (Å²) in [5, 5.41) is 0. The quantitative estimate of drug-likeness (QED) is 0.866. The van der Waals surface area contributed by atoms with Crippen molar-refractivity contribution in [2.45, 2.75) is 18.6 Å². The monoisotopic (exact) mass is 314 g/mol. The van der Waals surface area contributed by atoms with E-state index >= 15 is 0 Å². The van der Waals surface area contributed by atoms with Crippen molar-refractivity contribution in [1.82, 2.24) is 4.98 Å². The first-order chi connectivity index (χ1) is 6.27. The molecule has 15 heavy (non-hydrogen) atoms. The van der Waals surface area contributed by atoms with Gasteiger partial charge in [0.2, 0.25) is 0 Å². The molecule has 1 aromatic heterocycles. The minimum absolute atomic E-state index is 0. The van der Waals surface area contributed by atoms with E-state index in [1.54, 1.807) is 12.4 Å². The van der Waals surface area contributed by atoms with Gasteiger partial charge in [-0.1, -0.05) is 0 Å². The summed E-state index contributed by atoms with van der Waals surface area (Å²) in [6.45, 7) is 0.748. The van der Waals surface area contributed by atoms with Crippen LogP contribution >= 0.6 is 40.7 Å². The van der Waals surface area contributed by atoms with Crippen LogP contribution in [-0.4, -0.2) is 17.6 Å². The molecule has 2 N–H and O–H groups in total. The Morgan fingerprint density at radius 1 is 1.40 bits per heavy atom. The summed E-state index contributed by atoms with van der Waals surface area (Å²) in [6.07, 6.45) is 4.51. The van der Waals surface area contributed by atoms with E-state index in [4.69, 9.17) is 10.5 Å². The number of aromatic nitrogens is 1. The average Bonchev–Trinajstić information content (AvgIpc) is 2.51. The van der Waals surface area contributed by atoms with Crippen molar-refractivity contribution < 1.29 is 4.74 Å². The lowest BCUT2D eigenvalue weighted by atomic mass is 10.1. The number of nitrogens with zero attached hydrogens (tertiary/aromatic N) is 1. The van der Waals surface area contributed by atoms with Crippen LogP contribution in [0.25, 0.3) is 0 Å². The summed E-state index contributed by atoms with van der Waals surface area (Å²) in [5.74, 6) is 0. The third-order valence-corrected chi connectivity index (χ3v) is 2.63. The Labute approximate surface area is 110 Å². The highest BCUT2D eigenvalue weighted by Gasteiger charge is 2.26. The Morgan fingerprint density at radius 2 is 2.13 bits per heavy atom. The van der Waals surface area contributed by atoms with Crippen LogP contribution in [0, 0.1) is 0 Å². The van der Waals surface area contributed by atoms with Gasteiger partial charge in [0.05, 0.1) is 6.10 Å². The van der Waals surface area contributed by atoms with Gasteiger partial charge < -0.3 is 10.5 Å². The van der Waals surface area contributed by atoms with Gasteiger partial charge in [0, 0.05) is 35.1 Å². The van der Waals surface area contributed by atoms with Crippen molar-refractivity contribution >= 4 is 40.7 Å². The van der Waals surface area contributed by atoms with Gasteiger partial charge in [-0.25, -0.2) is 0 Å². The van der Waals surface area contributed by atoms with Crippen LogP contribution in [0.15, 0.2) is 22.9 Å². The van der Waals surface area contributed by atoms with E-state index < -0.39 is 0 Å². The number of rotatable bonds is 1. The van der Waals surface area contributed by atoms with E-state index in [2.05, 4.69) is 20.9 Å². The maximum atomic E-state index is 5.89. The fraction of sp³-hybridized carbons (Fsp3) is 0.444. The molecule has 0 radical (unpaired) electrons. The minimum Gasteiger partial charge on any atom is -0.372 e. The zero-order chi connectivity index (χ0) is 9.26. The van der Waals surface area contributed by atoms with Crippen LogP contribution in [0.2, 0.25) is 0 Å². The predicted octanol–water partition coefficient (Wildman–Crippen LogP) is 2.48. The molecular formula is C9H13BrCl2N2O. The van der Waals surface area contributed by atoms with Gasteiger partial charge in [0.25, 0.3) is 0 Å². The molecular weight excluding hydrogens is 303 g/mol. The standard InChI is InChI=1S/C9H11BrN2O.2ClH/c10-7-3-6(4-12-5-7)9-8(11)1-2-13-9;;/h3-5,8-9H,1-2,11H2;2*1H/t8-,9+;;/m0../s1. The van der Waals surface area contributed by atoms with E-state index in [-0.39, 0.29) is 37.0 Å². The fourth-order valence-electron chi connectivity index (χ4n) is 1.53. The Balaban J connectivity index is 0.000000980. The molecule has 0 unspecified atom stereocenters. The number of hydrogen-bond donors (Lipinski definition) is 1. The molecule has 0 aromatic carbocycles. The summed E-state index contributed by atoms with van der Waals surface area (Å²) in [7, 11) is 0. The highest BCUT2D eigenvalue weighted by atomic mass is 79.9. The van der Waals surface area contributed by atoms with E-state index in [0.29, 0.717) is 0 Å². The molecule has 2 rings (SSSR count). The zero-order valence-electron chi connectivity index (χ0n) is 7.93. The summed E-state index contributed by atoms with van der Waals surface area (Å²) >= 11 is 3.37. The van der Waals surface area contributed by atoms with Crippen LogP contribution in [0.1, 0.15) is 18.1 Å². The molecule has 0 saturated carbocycles. The summed E-state index contributed by atoms with van der Waals surface area (Å²) in [4.78, 5) is 4.08. The molecule has 1 aliphatic heterocycles. The molecule has 1 aliphatic rings. The van der Waals surface area contributed by atoms with Crippen molar-refractivity contribution in [3.63, 3.8) is 0 Å². The molecule has 0 bridgehead atoms. The first-order valence-electron chi connectivity index (χ1n) is 4.25. The van der Waals surface area contributed by atoms with Crippen molar-refractivity contribution in [1.29, 1.82) is 0 Å². The number of pyridine rings is 1. The fourth-order valence-corrected chi connectivity index (χ4v) is 1.92. The number of halogens is 3. The number of hydrogen-bond acceptors (Lipinski definition) is 3. The van der Waals surface area contributed by atoms with Crippen LogP contribution in [0.3, 0.4) is 0 Å². The van der Waals surface area contributed by atoms with E-state index in [1.807, 2.05) is 6.07 Å². The molecule has 1 saturated heterocycles. The second-order valence-electron chi connectivity index (χ2n) is 3.18. The van der Waals surface area contributed by atoms with Crippen LogP contribution in [0.4, 0.5) is 0 Å². The SMILES string of the molecule is Cl.Cl.N[C@H]1CCO[C@@H]1c1cncc(Br)c1. The van der Waals surface area contributed by atoms with Gasteiger partial charge in [-0.15, -0.1) is 24.8 Å². The molecule has 3 nitrogen and oxygen atoms in total. The topological polar surface area (TPSA) is 48.1 Å². The highest BCUT2D eigenvalue weighted by Crippen LogP contribution is 2.28. The Hall–Kier alpha value is 0.130. The Kier molecular flexibility index (Phi) is 6.71. The van der Waals surface area contributed by atoms with Crippen molar-refractivity contribution in [2.75, 3.05) is 6.61 Å². The second-order valence-corrected chi connectivity index (χ2v) is 4.10. The minimum atomic E-state index is 0. The van der Waals surface area contributed by atoms with Gasteiger partial charge in [-0.2, -0.15) is 0 Å². The van der Waals surface area contributed by atoms with Crippen molar-refractivity contribution in [3.8, 4) is 0 Å². The van der Waals surface area contributed by atoms with Crippen molar-refractivity contribution in [3.05, 3.63) is 28.5 Å². The first kappa shape index (κ1) is 15.1. The van der Waals surface area contributed by atoms with Gasteiger partial charge >= 0.3 is 0 Å². The molecule has 86 valence electrons. The second kappa shape index (κ2) is 6.66. The maximum absolute atomic E-state index is 5.89. The number of nitrogens with two attached hydrogens (primary N) is 1. The summed E-state index contributed by atoms with van der Waals surface area (Å²) in [6, 6.07) is 2.11. The molecule has 1 aromatic rings. The molecule has 0 amide bonds. The third-order valence-electron chi connectivity index (χ3n) is 2.19. The summed E-state index contributed by atoms with van der Waals surface area (Å²) < 4.78 is 6.49. The lowest BCUT2D eigenvalue weighted by Gasteiger charge is -2.14. The Morgan fingerprint density at radius 3 is 2.67 bits per heavy atom. The molecule has 2 atom stereocenters. The Bertz CT molecular complexity index is 314. The molecule has 1 fully saturated rings. The smallest absolute Gasteiger partial charge is 0.0991 e. The van der Waals surface area contributed by atoms with E-state index in [9.17, 15) is 0 Å².